The summed E-state index contributed by atoms with van der Waals surface area (Å²) in [7, 11) is 0. The van der Waals surface area contributed by atoms with Gasteiger partial charge in [0.05, 0.1) is 0 Å². The first-order chi connectivity index (χ1) is 8.78. The van der Waals surface area contributed by atoms with E-state index in [1.165, 1.54) is 21.8 Å². The molecule has 3 rings (SSSR count). The Morgan fingerprint density at radius 1 is 1.11 bits per heavy atom. The first-order valence-electron chi connectivity index (χ1n) is 6.60. The summed E-state index contributed by atoms with van der Waals surface area (Å²) in [6.07, 6.45) is 8.46. The van der Waals surface area contributed by atoms with E-state index < -0.39 is 0 Å². The molecule has 1 aromatic carbocycles. The van der Waals surface area contributed by atoms with Crippen molar-refractivity contribution in [3.8, 4) is 0 Å². The van der Waals surface area contributed by atoms with Crippen LogP contribution in [0, 0.1) is 5.92 Å². The summed E-state index contributed by atoms with van der Waals surface area (Å²) in [4.78, 5) is 2.88. The minimum Gasteiger partial charge on any atom is -0.116 e. The van der Waals surface area contributed by atoms with Gasteiger partial charge in [0.1, 0.15) is 0 Å². The average Bonchev–Trinajstić information content (AvgIpc) is 2.43. The van der Waals surface area contributed by atoms with Crippen molar-refractivity contribution in [3.05, 3.63) is 48.1 Å². The number of hydrogen-bond donors (Lipinski definition) is 0. The van der Waals surface area contributed by atoms with Crippen molar-refractivity contribution in [2.45, 2.75) is 40.6 Å². The van der Waals surface area contributed by atoms with Crippen molar-refractivity contribution < 1.29 is 0 Å². The molecule has 0 fully saturated rings. The van der Waals surface area contributed by atoms with Crippen LogP contribution >= 0.6 is 23.5 Å². The van der Waals surface area contributed by atoms with Gasteiger partial charge in [-0.2, -0.15) is 0 Å². The van der Waals surface area contributed by atoms with E-state index >= 15 is 0 Å². The standard InChI is InChI=1S/C16H18S2/c1-3-11(2)12-8-9-15-16(10-12)18-14-7-5-4-6-13(14)17-15/h4-11,15-16H,3H2,1-2H3. The summed E-state index contributed by atoms with van der Waals surface area (Å²) < 4.78 is 0. The zero-order chi connectivity index (χ0) is 12.5. The zero-order valence-electron chi connectivity index (χ0n) is 10.8. The molecular formula is C16H18S2. The van der Waals surface area contributed by atoms with Crippen LogP contribution in [0.4, 0.5) is 0 Å². The fraction of sp³-hybridized carbons (Fsp3) is 0.375. The molecule has 1 aliphatic heterocycles. The van der Waals surface area contributed by atoms with Crippen molar-refractivity contribution >= 4 is 23.5 Å². The Kier molecular flexibility index (Phi) is 3.58. The summed E-state index contributed by atoms with van der Waals surface area (Å²) in [5.74, 6) is 0.685. The Labute approximate surface area is 118 Å². The lowest BCUT2D eigenvalue weighted by Crippen LogP contribution is -2.23. The highest BCUT2D eigenvalue weighted by atomic mass is 32.2. The van der Waals surface area contributed by atoms with Crippen molar-refractivity contribution in [2.24, 2.45) is 5.92 Å². The van der Waals surface area contributed by atoms with Crippen LogP contribution in [-0.4, -0.2) is 10.5 Å². The van der Waals surface area contributed by atoms with Gasteiger partial charge < -0.3 is 0 Å². The van der Waals surface area contributed by atoms with E-state index in [9.17, 15) is 0 Å². The molecule has 0 saturated heterocycles. The average molecular weight is 274 g/mol. The van der Waals surface area contributed by atoms with Gasteiger partial charge >= 0.3 is 0 Å². The molecule has 1 aliphatic carbocycles. The Morgan fingerprint density at radius 3 is 2.44 bits per heavy atom. The third-order valence-electron chi connectivity index (χ3n) is 3.72. The lowest BCUT2D eigenvalue weighted by Gasteiger charge is -2.31. The van der Waals surface area contributed by atoms with E-state index in [1.54, 1.807) is 0 Å². The first-order valence-corrected chi connectivity index (χ1v) is 8.36. The zero-order valence-corrected chi connectivity index (χ0v) is 12.4. The van der Waals surface area contributed by atoms with Crippen LogP contribution < -0.4 is 0 Å². The second kappa shape index (κ2) is 5.18. The van der Waals surface area contributed by atoms with Crippen LogP contribution in [0.15, 0.2) is 57.9 Å². The maximum atomic E-state index is 2.49. The summed E-state index contributed by atoms with van der Waals surface area (Å²) in [5, 5.41) is 1.22. The van der Waals surface area contributed by atoms with Gasteiger partial charge in [-0.05, 0) is 30.0 Å². The van der Waals surface area contributed by atoms with Crippen LogP contribution in [0.3, 0.4) is 0 Å². The van der Waals surface area contributed by atoms with Gasteiger partial charge in [-0.1, -0.05) is 44.2 Å². The topological polar surface area (TPSA) is 0 Å². The van der Waals surface area contributed by atoms with Crippen molar-refractivity contribution in [3.63, 3.8) is 0 Å². The second-order valence-corrected chi connectivity index (χ2v) is 7.39. The molecule has 2 heteroatoms. The van der Waals surface area contributed by atoms with E-state index in [2.05, 4.69) is 56.3 Å². The van der Waals surface area contributed by atoms with Crippen molar-refractivity contribution in [1.29, 1.82) is 0 Å². The molecule has 1 heterocycles. The van der Waals surface area contributed by atoms with E-state index in [4.69, 9.17) is 0 Å². The molecule has 3 unspecified atom stereocenters. The molecule has 2 aliphatic rings. The van der Waals surface area contributed by atoms with Gasteiger partial charge in [0.2, 0.25) is 0 Å². The molecular weight excluding hydrogens is 256 g/mol. The summed E-state index contributed by atoms with van der Waals surface area (Å²) >= 11 is 4.03. The van der Waals surface area contributed by atoms with Gasteiger partial charge in [-0.3, -0.25) is 0 Å². The van der Waals surface area contributed by atoms with Crippen LogP contribution in [0.5, 0.6) is 0 Å². The highest BCUT2D eigenvalue weighted by Crippen LogP contribution is 2.47. The molecule has 94 valence electrons. The molecule has 0 spiro atoms. The molecule has 3 atom stereocenters. The van der Waals surface area contributed by atoms with Crippen LogP contribution in [0.1, 0.15) is 20.3 Å². The molecule has 0 N–H and O–H groups in total. The van der Waals surface area contributed by atoms with Crippen molar-refractivity contribution in [1.82, 2.24) is 0 Å². The lowest BCUT2D eigenvalue weighted by molar-refractivity contribution is 0.663. The normalized spacial score (nSPS) is 27.1. The van der Waals surface area contributed by atoms with Crippen LogP contribution in [0.25, 0.3) is 0 Å². The minimum atomic E-state index is 0.609. The van der Waals surface area contributed by atoms with Crippen LogP contribution in [-0.2, 0) is 0 Å². The van der Waals surface area contributed by atoms with Gasteiger partial charge in [0, 0.05) is 20.3 Å². The summed E-state index contributed by atoms with van der Waals surface area (Å²) in [6, 6.07) is 8.77. The second-order valence-electron chi connectivity index (χ2n) is 4.95. The van der Waals surface area contributed by atoms with Gasteiger partial charge in [0.25, 0.3) is 0 Å². The molecule has 1 aromatic rings. The molecule has 0 nitrogen and oxygen atoms in total. The fourth-order valence-corrected chi connectivity index (χ4v) is 5.08. The smallest absolute Gasteiger partial charge is 0.0438 e. The fourth-order valence-electron chi connectivity index (χ4n) is 2.37. The van der Waals surface area contributed by atoms with E-state index in [-0.39, 0.29) is 0 Å². The van der Waals surface area contributed by atoms with Gasteiger partial charge in [0.15, 0.2) is 0 Å². The number of hydrogen-bond acceptors (Lipinski definition) is 2. The number of fused-ring (bicyclic) bond motifs is 2. The maximum Gasteiger partial charge on any atom is 0.0438 e. The molecule has 0 saturated carbocycles. The van der Waals surface area contributed by atoms with Gasteiger partial charge in [-0.25, -0.2) is 0 Å². The van der Waals surface area contributed by atoms with E-state index in [1.807, 2.05) is 23.5 Å². The highest BCUT2D eigenvalue weighted by Gasteiger charge is 2.29. The summed E-state index contributed by atoms with van der Waals surface area (Å²) in [5.41, 5.74) is 1.52. The molecule has 0 aromatic heterocycles. The minimum absolute atomic E-state index is 0.609. The highest BCUT2D eigenvalue weighted by molar-refractivity contribution is 8.06. The number of rotatable bonds is 2. The first kappa shape index (κ1) is 12.4. The SMILES string of the molecule is CCC(C)C1=CC2Sc3ccccc3SC2C=C1. The molecule has 0 bridgehead atoms. The third-order valence-corrected chi connectivity index (χ3v) is 6.66. The van der Waals surface area contributed by atoms with E-state index in [0.717, 1.165) is 0 Å². The Bertz CT molecular complexity index is 502. The number of allylic oxidation sites excluding steroid dienone is 2. The number of benzene rings is 1. The maximum absolute atomic E-state index is 2.49. The summed E-state index contributed by atoms with van der Waals surface area (Å²) in [6.45, 7) is 4.59. The predicted molar refractivity (Wildman–Crippen MR) is 82.4 cm³/mol. The predicted octanol–water partition coefficient (Wildman–Crippen LogP) is 5.16. The molecule has 18 heavy (non-hydrogen) atoms. The lowest BCUT2D eigenvalue weighted by atomic mass is 9.93. The Balaban J connectivity index is 1.87. The third kappa shape index (κ3) is 2.28. The Morgan fingerprint density at radius 2 is 1.78 bits per heavy atom. The number of thioether (sulfide) groups is 2. The van der Waals surface area contributed by atoms with Crippen LogP contribution in [0.2, 0.25) is 0 Å². The van der Waals surface area contributed by atoms with Crippen molar-refractivity contribution in [2.75, 3.05) is 0 Å². The van der Waals surface area contributed by atoms with Gasteiger partial charge in [-0.15, -0.1) is 23.5 Å². The van der Waals surface area contributed by atoms with E-state index in [0.29, 0.717) is 16.4 Å². The largest absolute Gasteiger partial charge is 0.116 e. The molecule has 0 amide bonds. The molecule has 0 radical (unpaired) electrons. The quantitative estimate of drug-likeness (QED) is 0.730. The monoisotopic (exact) mass is 274 g/mol. The Hall–Kier alpha value is -0.600.